The Hall–Kier alpha value is -1.58. The highest BCUT2D eigenvalue weighted by Gasteiger charge is 2.37. The quantitative estimate of drug-likeness (QED) is 0.588. The number of hydrogen-bond donors (Lipinski definition) is 3. The molecule has 1 atom stereocenters. The summed E-state index contributed by atoms with van der Waals surface area (Å²) in [6.45, 7) is 6.08. The molecule has 7 nitrogen and oxygen atoms in total. The fraction of sp³-hybridized carbons (Fsp3) is 0.529. The minimum Gasteiger partial charge on any atom is -0.354 e. The van der Waals surface area contributed by atoms with Gasteiger partial charge in [-0.05, 0) is 39.3 Å². The first-order valence-electron chi connectivity index (χ1n) is 8.41. The summed E-state index contributed by atoms with van der Waals surface area (Å²) in [5.41, 5.74) is 0.989. The van der Waals surface area contributed by atoms with Gasteiger partial charge in [-0.3, -0.25) is 9.59 Å². The van der Waals surface area contributed by atoms with E-state index in [4.69, 9.17) is 0 Å². The van der Waals surface area contributed by atoms with Crippen molar-refractivity contribution in [3.63, 3.8) is 0 Å². The minimum atomic E-state index is -3.54. The second kappa shape index (κ2) is 8.41. The van der Waals surface area contributed by atoms with Crippen LogP contribution in [0, 0.1) is 6.92 Å². The minimum absolute atomic E-state index is 0.153. The van der Waals surface area contributed by atoms with Crippen LogP contribution >= 0.6 is 11.8 Å². The SMILES string of the molecule is Cc1ccc(S(=O)(=O)NCCCNC(=O)[C@@H]2CSC(C)(C)C(=O)N2)cc1. The van der Waals surface area contributed by atoms with Crippen molar-refractivity contribution in [1.29, 1.82) is 0 Å². The molecular formula is C17H25N3O4S2. The van der Waals surface area contributed by atoms with E-state index in [1.165, 1.54) is 11.8 Å². The summed E-state index contributed by atoms with van der Waals surface area (Å²) >= 11 is 1.45. The summed E-state index contributed by atoms with van der Waals surface area (Å²) in [7, 11) is -3.54. The van der Waals surface area contributed by atoms with Crippen LogP contribution in [0.25, 0.3) is 0 Å². The Labute approximate surface area is 158 Å². The van der Waals surface area contributed by atoms with E-state index in [0.717, 1.165) is 5.56 Å². The maximum atomic E-state index is 12.1. The van der Waals surface area contributed by atoms with E-state index in [0.29, 0.717) is 18.7 Å². The van der Waals surface area contributed by atoms with E-state index in [1.807, 2.05) is 20.8 Å². The highest BCUT2D eigenvalue weighted by Crippen LogP contribution is 2.28. The van der Waals surface area contributed by atoms with Crippen molar-refractivity contribution in [3.8, 4) is 0 Å². The predicted octanol–water partition coefficient (Wildman–Crippen LogP) is 0.790. The average Bonchev–Trinajstić information content (AvgIpc) is 2.57. The zero-order valence-corrected chi connectivity index (χ0v) is 16.8. The Morgan fingerprint density at radius 1 is 1.27 bits per heavy atom. The van der Waals surface area contributed by atoms with Crippen LogP contribution in [0.2, 0.25) is 0 Å². The van der Waals surface area contributed by atoms with Gasteiger partial charge in [-0.2, -0.15) is 0 Å². The summed E-state index contributed by atoms with van der Waals surface area (Å²) in [5, 5.41) is 5.45. The molecule has 2 rings (SSSR count). The first kappa shape index (κ1) is 20.7. The van der Waals surface area contributed by atoms with Crippen LogP contribution in [0.5, 0.6) is 0 Å². The molecule has 1 fully saturated rings. The van der Waals surface area contributed by atoms with E-state index in [-0.39, 0.29) is 23.3 Å². The first-order valence-corrected chi connectivity index (χ1v) is 10.9. The van der Waals surface area contributed by atoms with E-state index in [9.17, 15) is 18.0 Å². The topological polar surface area (TPSA) is 104 Å². The maximum Gasteiger partial charge on any atom is 0.243 e. The highest BCUT2D eigenvalue weighted by atomic mass is 32.2. The number of rotatable bonds is 7. The molecule has 0 bridgehead atoms. The van der Waals surface area contributed by atoms with E-state index < -0.39 is 20.8 Å². The maximum absolute atomic E-state index is 12.1. The van der Waals surface area contributed by atoms with Crippen LogP contribution in [0.15, 0.2) is 29.2 Å². The number of benzene rings is 1. The summed E-state index contributed by atoms with van der Waals surface area (Å²) in [6.07, 6.45) is 0.454. The molecule has 0 aliphatic carbocycles. The van der Waals surface area contributed by atoms with Crippen LogP contribution < -0.4 is 15.4 Å². The van der Waals surface area contributed by atoms with Crippen molar-refractivity contribution in [3.05, 3.63) is 29.8 Å². The molecule has 2 amide bonds. The first-order chi connectivity index (χ1) is 12.1. The molecule has 3 N–H and O–H groups in total. The van der Waals surface area contributed by atoms with Crippen molar-refractivity contribution >= 4 is 33.6 Å². The molecule has 9 heteroatoms. The third-order valence-electron chi connectivity index (χ3n) is 4.06. The largest absolute Gasteiger partial charge is 0.354 e. The Bertz CT molecular complexity index is 761. The van der Waals surface area contributed by atoms with Gasteiger partial charge in [-0.25, -0.2) is 13.1 Å². The monoisotopic (exact) mass is 399 g/mol. The molecule has 1 aliphatic heterocycles. The van der Waals surface area contributed by atoms with Gasteiger partial charge >= 0.3 is 0 Å². The number of thioether (sulfide) groups is 1. The summed E-state index contributed by atoms with van der Waals surface area (Å²) in [5.74, 6) is 0.118. The zero-order valence-electron chi connectivity index (χ0n) is 15.2. The van der Waals surface area contributed by atoms with Gasteiger partial charge in [-0.15, -0.1) is 11.8 Å². The van der Waals surface area contributed by atoms with Crippen LogP contribution in [0.4, 0.5) is 0 Å². The van der Waals surface area contributed by atoms with Crippen LogP contribution in [-0.2, 0) is 19.6 Å². The fourth-order valence-corrected chi connectivity index (χ4v) is 4.38. The van der Waals surface area contributed by atoms with Gasteiger partial charge in [0.15, 0.2) is 0 Å². The smallest absolute Gasteiger partial charge is 0.243 e. The van der Waals surface area contributed by atoms with Crippen molar-refractivity contribution in [2.45, 2.75) is 42.9 Å². The highest BCUT2D eigenvalue weighted by molar-refractivity contribution is 8.01. The Balaban J connectivity index is 1.71. The number of aryl methyl sites for hydroxylation is 1. The molecule has 0 aromatic heterocycles. The Morgan fingerprint density at radius 3 is 2.54 bits per heavy atom. The number of carbonyl (C=O) groups excluding carboxylic acids is 2. The lowest BCUT2D eigenvalue weighted by Gasteiger charge is -2.32. The summed E-state index contributed by atoms with van der Waals surface area (Å²) in [6, 6.07) is 6.05. The van der Waals surface area contributed by atoms with E-state index in [2.05, 4.69) is 15.4 Å². The molecule has 144 valence electrons. The number of nitrogens with one attached hydrogen (secondary N) is 3. The Morgan fingerprint density at radius 2 is 1.92 bits per heavy atom. The molecule has 0 radical (unpaired) electrons. The van der Waals surface area contributed by atoms with Gasteiger partial charge in [-0.1, -0.05) is 17.7 Å². The lowest BCUT2D eigenvalue weighted by molar-refractivity contribution is -0.129. The van der Waals surface area contributed by atoms with Crippen molar-refractivity contribution < 1.29 is 18.0 Å². The van der Waals surface area contributed by atoms with Crippen molar-refractivity contribution in [1.82, 2.24) is 15.4 Å². The second-order valence-electron chi connectivity index (χ2n) is 6.70. The molecule has 26 heavy (non-hydrogen) atoms. The van der Waals surface area contributed by atoms with Crippen LogP contribution in [-0.4, -0.2) is 49.9 Å². The molecule has 1 heterocycles. The molecule has 1 saturated heterocycles. The molecule has 1 aliphatic rings. The van der Waals surface area contributed by atoms with Crippen molar-refractivity contribution in [2.75, 3.05) is 18.8 Å². The predicted molar refractivity (Wildman–Crippen MR) is 102 cm³/mol. The fourth-order valence-electron chi connectivity index (χ4n) is 2.30. The van der Waals surface area contributed by atoms with Gasteiger partial charge in [0.05, 0.1) is 9.64 Å². The molecular weight excluding hydrogens is 374 g/mol. The molecule has 0 unspecified atom stereocenters. The second-order valence-corrected chi connectivity index (χ2v) is 10.1. The van der Waals surface area contributed by atoms with E-state index >= 15 is 0 Å². The zero-order chi connectivity index (χ0) is 19.4. The lowest BCUT2D eigenvalue weighted by atomic mass is 10.1. The summed E-state index contributed by atoms with van der Waals surface area (Å²) in [4.78, 5) is 24.2. The summed E-state index contributed by atoms with van der Waals surface area (Å²) < 4.78 is 26.3. The van der Waals surface area contributed by atoms with Gasteiger partial charge in [0.2, 0.25) is 21.8 Å². The average molecular weight is 400 g/mol. The van der Waals surface area contributed by atoms with Crippen LogP contribution in [0.1, 0.15) is 25.8 Å². The molecule has 1 aromatic rings. The van der Waals surface area contributed by atoms with Crippen LogP contribution in [0.3, 0.4) is 0 Å². The van der Waals surface area contributed by atoms with Crippen molar-refractivity contribution in [2.24, 2.45) is 0 Å². The lowest BCUT2D eigenvalue weighted by Crippen LogP contribution is -2.57. The number of hydrogen-bond acceptors (Lipinski definition) is 5. The standard InChI is InChI=1S/C17H25N3O4S2/c1-12-5-7-13(8-6-12)26(23,24)19-10-4-9-18-15(21)14-11-25-17(2,3)16(22)20-14/h5-8,14,19H,4,9-11H2,1-3H3,(H,18,21)(H,20,22)/t14-/m0/s1. The van der Waals surface area contributed by atoms with Gasteiger partial charge < -0.3 is 10.6 Å². The van der Waals surface area contributed by atoms with E-state index in [1.54, 1.807) is 24.3 Å². The number of amides is 2. The Kier molecular flexibility index (Phi) is 6.70. The van der Waals surface area contributed by atoms with Gasteiger partial charge in [0.25, 0.3) is 0 Å². The third kappa shape index (κ3) is 5.46. The number of sulfonamides is 1. The number of carbonyl (C=O) groups is 2. The van der Waals surface area contributed by atoms with Gasteiger partial charge in [0, 0.05) is 18.8 Å². The van der Waals surface area contributed by atoms with Gasteiger partial charge in [0.1, 0.15) is 6.04 Å². The third-order valence-corrected chi connectivity index (χ3v) is 6.94. The molecule has 1 aromatic carbocycles. The molecule has 0 saturated carbocycles. The normalized spacial score (nSPS) is 19.7. The molecule has 0 spiro atoms.